The average molecular weight is 421 g/mol. The van der Waals surface area contributed by atoms with E-state index in [9.17, 15) is 14.9 Å². The van der Waals surface area contributed by atoms with Gasteiger partial charge in [-0.1, -0.05) is 17.7 Å². The van der Waals surface area contributed by atoms with E-state index in [1.165, 1.54) is 36.5 Å². The number of hydroxylamine groups is 2. The number of methoxy groups -OCH3 is 2. The van der Waals surface area contributed by atoms with E-state index in [2.05, 4.69) is 0 Å². The molecule has 0 aliphatic carbocycles. The number of carbonyl (C=O) groups is 1. The summed E-state index contributed by atoms with van der Waals surface area (Å²) in [5, 5.41) is 12.2. The quantitative estimate of drug-likeness (QED) is 0.342. The van der Waals surface area contributed by atoms with Gasteiger partial charge in [-0.25, -0.2) is 5.06 Å². The van der Waals surface area contributed by atoms with Crippen LogP contribution in [0.4, 0.5) is 5.69 Å². The third-order valence-electron chi connectivity index (χ3n) is 3.99. The molecule has 0 bridgehead atoms. The number of likely N-dealkylation sites (N-methyl/N-ethyl adjacent to an activating group) is 1. The Bertz CT molecular complexity index is 916. The van der Waals surface area contributed by atoms with Gasteiger partial charge in [0.25, 0.3) is 11.6 Å². The van der Waals surface area contributed by atoms with Crippen molar-refractivity contribution in [3.63, 3.8) is 0 Å². The van der Waals surface area contributed by atoms with Crippen molar-refractivity contribution in [2.45, 2.75) is 13.5 Å². The second-order valence-corrected chi connectivity index (χ2v) is 6.19. The Morgan fingerprint density at radius 3 is 2.59 bits per heavy atom. The molecule has 0 radical (unpaired) electrons. The van der Waals surface area contributed by atoms with Crippen LogP contribution in [0.2, 0.25) is 5.02 Å². The third-order valence-corrected chi connectivity index (χ3v) is 4.31. The van der Waals surface area contributed by atoms with E-state index < -0.39 is 10.8 Å². The van der Waals surface area contributed by atoms with Crippen molar-refractivity contribution in [3.8, 4) is 11.5 Å². The number of hydrogen-bond acceptors (Lipinski definition) is 6. The molecule has 29 heavy (non-hydrogen) atoms. The van der Waals surface area contributed by atoms with Gasteiger partial charge in [-0.2, -0.15) is 0 Å². The highest BCUT2D eigenvalue weighted by Crippen LogP contribution is 2.26. The molecule has 0 aromatic heterocycles. The third kappa shape index (κ3) is 5.94. The normalized spacial score (nSPS) is 10.8. The summed E-state index contributed by atoms with van der Waals surface area (Å²) in [5.41, 5.74) is 0.996. The standard InChI is InChI=1S/C20H21ClN2O6/c1-4-22(29-13-15-7-8-16(27-2)12-19(15)28-3)20(24)10-6-14-5-9-17(21)18(11-14)23(25)26/h5-12H,4,13H2,1-3H3/b10-6+. The summed E-state index contributed by atoms with van der Waals surface area (Å²) < 4.78 is 10.5. The van der Waals surface area contributed by atoms with Gasteiger partial charge in [-0.15, -0.1) is 0 Å². The zero-order chi connectivity index (χ0) is 21.4. The molecule has 8 nitrogen and oxygen atoms in total. The predicted molar refractivity (Wildman–Crippen MR) is 109 cm³/mol. The van der Waals surface area contributed by atoms with Gasteiger partial charge in [0.2, 0.25) is 0 Å². The van der Waals surface area contributed by atoms with Gasteiger partial charge < -0.3 is 9.47 Å². The van der Waals surface area contributed by atoms with Crippen LogP contribution in [0.1, 0.15) is 18.1 Å². The van der Waals surface area contributed by atoms with Crippen LogP contribution in [0.3, 0.4) is 0 Å². The van der Waals surface area contributed by atoms with Crippen molar-refractivity contribution in [2.75, 3.05) is 20.8 Å². The molecular weight excluding hydrogens is 400 g/mol. The maximum Gasteiger partial charge on any atom is 0.288 e. The lowest BCUT2D eigenvalue weighted by atomic mass is 10.2. The maximum atomic E-state index is 12.4. The summed E-state index contributed by atoms with van der Waals surface area (Å²) >= 11 is 5.79. The minimum atomic E-state index is -0.578. The van der Waals surface area contributed by atoms with Crippen LogP contribution in [0.25, 0.3) is 6.08 Å². The Balaban J connectivity index is 2.07. The summed E-state index contributed by atoms with van der Waals surface area (Å²) in [7, 11) is 3.10. The van der Waals surface area contributed by atoms with E-state index >= 15 is 0 Å². The number of nitrogens with zero attached hydrogens (tertiary/aromatic N) is 2. The highest BCUT2D eigenvalue weighted by molar-refractivity contribution is 6.32. The Labute approximate surface area is 173 Å². The second kappa shape index (κ2) is 10.4. The fraction of sp³-hybridized carbons (Fsp3) is 0.250. The molecule has 0 spiro atoms. The molecule has 2 aromatic carbocycles. The molecule has 2 aromatic rings. The molecule has 0 atom stereocenters. The number of nitro benzene ring substituents is 1. The van der Waals surface area contributed by atoms with Crippen molar-refractivity contribution in [1.29, 1.82) is 0 Å². The number of halogens is 1. The van der Waals surface area contributed by atoms with Crippen LogP contribution in [-0.4, -0.2) is 36.7 Å². The van der Waals surface area contributed by atoms with Crippen LogP contribution < -0.4 is 9.47 Å². The molecule has 0 aliphatic heterocycles. The summed E-state index contributed by atoms with van der Waals surface area (Å²) in [5.74, 6) is 0.823. The fourth-order valence-electron chi connectivity index (χ4n) is 2.45. The van der Waals surface area contributed by atoms with Gasteiger partial charge in [0.05, 0.1) is 19.1 Å². The highest BCUT2D eigenvalue weighted by atomic mass is 35.5. The monoisotopic (exact) mass is 420 g/mol. The fourth-order valence-corrected chi connectivity index (χ4v) is 2.64. The zero-order valence-electron chi connectivity index (χ0n) is 16.3. The topological polar surface area (TPSA) is 91.1 Å². The van der Waals surface area contributed by atoms with Crippen LogP contribution >= 0.6 is 11.6 Å². The number of rotatable bonds is 9. The van der Waals surface area contributed by atoms with E-state index in [1.807, 2.05) is 0 Å². The van der Waals surface area contributed by atoms with Crippen LogP contribution in [0.15, 0.2) is 42.5 Å². The summed E-state index contributed by atoms with van der Waals surface area (Å²) in [6.45, 7) is 2.19. The van der Waals surface area contributed by atoms with E-state index in [4.69, 9.17) is 25.9 Å². The maximum absolute atomic E-state index is 12.4. The molecule has 0 aliphatic rings. The van der Waals surface area contributed by atoms with Crippen molar-refractivity contribution < 1.29 is 24.0 Å². The Hall–Kier alpha value is -3.10. The van der Waals surface area contributed by atoms with Crippen molar-refractivity contribution >= 4 is 29.3 Å². The smallest absolute Gasteiger partial charge is 0.288 e. The number of carbonyl (C=O) groups excluding carboxylic acids is 1. The molecule has 0 saturated heterocycles. The predicted octanol–water partition coefficient (Wildman–Crippen LogP) is 4.26. The molecule has 0 heterocycles. The average Bonchev–Trinajstić information content (AvgIpc) is 2.73. The number of hydrogen-bond donors (Lipinski definition) is 0. The first-order valence-electron chi connectivity index (χ1n) is 8.67. The molecule has 2 rings (SSSR count). The first kappa shape index (κ1) is 22.2. The van der Waals surface area contributed by atoms with Gasteiger partial charge in [0.1, 0.15) is 23.1 Å². The van der Waals surface area contributed by atoms with Gasteiger partial charge in [0, 0.05) is 30.3 Å². The number of ether oxygens (including phenoxy) is 2. The summed E-state index contributed by atoms with van der Waals surface area (Å²) in [6, 6.07) is 9.58. The minimum Gasteiger partial charge on any atom is -0.497 e. The summed E-state index contributed by atoms with van der Waals surface area (Å²) in [6.07, 6.45) is 2.74. The van der Waals surface area contributed by atoms with E-state index in [0.717, 1.165) is 5.56 Å². The van der Waals surface area contributed by atoms with Crippen molar-refractivity contribution in [3.05, 3.63) is 68.7 Å². The van der Waals surface area contributed by atoms with E-state index in [1.54, 1.807) is 38.3 Å². The molecule has 154 valence electrons. The lowest BCUT2D eigenvalue weighted by molar-refractivity contribution is -0.384. The number of nitro groups is 1. The van der Waals surface area contributed by atoms with Gasteiger partial charge in [-0.3, -0.25) is 19.7 Å². The number of amides is 1. The van der Waals surface area contributed by atoms with Crippen LogP contribution in [0, 0.1) is 10.1 Å². The molecule has 9 heteroatoms. The first-order chi connectivity index (χ1) is 13.9. The van der Waals surface area contributed by atoms with E-state index in [-0.39, 0.29) is 17.3 Å². The SMILES string of the molecule is CCN(OCc1ccc(OC)cc1OC)C(=O)/C=C/c1ccc(Cl)c([N+](=O)[O-])c1. The summed E-state index contributed by atoms with van der Waals surface area (Å²) in [4.78, 5) is 28.4. The first-order valence-corrected chi connectivity index (χ1v) is 9.04. The van der Waals surface area contributed by atoms with Crippen molar-refractivity contribution in [2.24, 2.45) is 0 Å². The lowest BCUT2D eigenvalue weighted by Crippen LogP contribution is -2.29. The van der Waals surface area contributed by atoms with E-state index in [0.29, 0.717) is 23.6 Å². The van der Waals surface area contributed by atoms with Crippen LogP contribution in [-0.2, 0) is 16.2 Å². The lowest BCUT2D eigenvalue weighted by Gasteiger charge is -2.19. The Morgan fingerprint density at radius 1 is 1.21 bits per heavy atom. The molecule has 0 unspecified atom stereocenters. The van der Waals surface area contributed by atoms with Gasteiger partial charge in [-0.05, 0) is 36.8 Å². The molecule has 0 N–H and O–H groups in total. The molecule has 1 amide bonds. The van der Waals surface area contributed by atoms with Gasteiger partial charge in [0.15, 0.2) is 0 Å². The molecule has 0 saturated carbocycles. The zero-order valence-corrected chi connectivity index (χ0v) is 17.0. The highest BCUT2D eigenvalue weighted by Gasteiger charge is 2.14. The largest absolute Gasteiger partial charge is 0.497 e. The Kier molecular flexibility index (Phi) is 7.99. The molecular formula is C20H21ClN2O6. The van der Waals surface area contributed by atoms with Crippen LogP contribution in [0.5, 0.6) is 11.5 Å². The van der Waals surface area contributed by atoms with Crippen molar-refractivity contribution in [1.82, 2.24) is 5.06 Å². The Morgan fingerprint density at radius 2 is 1.97 bits per heavy atom. The second-order valence-electron chi connectivity index (χ2n) is 5.79. The number of benzene rings is 2. The molecule has 0 fully saturated rings. The minimum absolute atomic E-state index is 0.0328. The van der Waals surface area contributed by atoms with Gasteiger partial charge >= 0.3 is 0 Å².